The van der Waals surface area contributed by atoms with Gasteiger partial charge in [0.1, 0.15) is 0 Å². The normalized spacial score (nSPS) is 10.4. The van der Waals surface area contributed by atoms with E-state index >= 15 is 0 Å². The van der Waals surface area contributed by atoms with Crippen LogP contribution in [0.25, 0.3) is 0 Å². The molecular weight excluding hydrogens is 182 g/mol. The van der Waals surface area contributed by atoms with Gasteiger partial charge in [-0.3, -0.25) is 9.48 Å². The third-order valence-corrected chi connectivity index (χ3v) is 1.84. The summed E-state index contributed by atoms with van der Waals surface area (Å²) in [4.78, 5) is 10.2. The largest absolute Gasteiger partial charge is 0.481 e. The van der Waals surface area contributed by atoms with E-state index < -0.39 is 5.97 Å². The van der Waals surface area contributed by atoms with Crippen LogP contribution in [0.2, 0.25) is 0 Å². The summed E-state index contributed by atoms with van der Waals surface area (Å²) in [7, 11) is 1.88. The van der Waals surface area contributed by atoms with E-state index in [0.717, 1.165) is 18.7 Å². The maximum Gasteiger partial charge on any atom is 0.304 e. The summed E-state index contributed by atoms with van der Waals surface area (Å²) in [6.45, 7) is 1.28. The predicted molar refractivity (Wildman–Crippen MR) is 52.0 cm³/mol. The zero-order chi connectivity index (χ0) is 10.4. The van der Waals surface area contributed by atoms with Crippen molar-refractivity contribution in [3.63, 3.8) is 0 Å². The van der Waals surface area contributed by atoms with Gasteiger partial charge in [0.25, 0.3) is 0 Å². The van der Waals surface area contributed by atoms with Gasteiger partial charge in [0.15, 0.2) is 0 Å². The number of hydrogen-bond donors (Lipinski definition) is 2. The van der Waals surface area contributed by atoms with Gasteiger partial charge in [0.05, 0.1) is 12.1 Å². The van der Waals surface area contributed by atoms with Crippen LogP contribution in [0.5, 0.6) is 0 Å². The molecule has 1 aromatic heterocycles. The van der Waals surface area contributed by atoms with Gasteiger partial charge < -0.3 is 10.4 Å². The number of carboxylic acids is 1. The minimum Gasteiger partial charge on any atom is -0.481 e. The molecule has 0 aromatic carbocycles. The lowest BCUT2D eigenvalue weighted by molar-refractivity contribution is -0.136. The molecule has 2 N–H and O–H groups in total. The maximum atomic E-state index is 10.2. The lowest BCUT2D eigenvalue weighted by atomic mass is 10.3. The van der Waals surface area contributed by atoms with Crippen LogP contribution in [0.3, 0.4) is 0 Å². The molecule has 0 radical (unpaired) electrons. The second-order valence-electron chi connectivity index (χ2n) is 3.12. The van der Waals surface area contributed by atoms with Crippen LogP contribution >= 0.6 is 0 Å². The number of carboxylic acid groups (broad SMARTS) is 1. The number of nitrogens with zero attached hydrogens (tertiary/aromatic N) is 2. The van der Waals surface area contributed by atoms with Crippen LogP contribution < -0.4 is 5.32 Å². The molecule has 5 nitrogen and oxygen atoms in total. The Morgan fingerprint density at radius 3 is 3.00 bits per heavy atom. The fourth-order valence-corrected chi connectivity index (χ4v) is 1.13. The van der Waals surface area contributed by atoms with Crippen molar-refractivity contribution in [2.45, 2.75) is 12.8 Å². The first-order chi connectivity index (χ1) is 6.68. The predicted octanol–water partition coefficient (Wildman–Crippen LogP) is 0.0269. The fourth-order valence-electron chi connectivity index (χ4n) is 1.13. The molecule has 5 heteroatoms. The first-order valence-electron chi connectivity index (χ1n) is 4.59. The Hall–Kier alpha value is -1.36. The van der Waals surface area contributed by atoms with Gasteiger partial charge >= 0.3 is 5.97 Å². The molecule has 0 aliphatic heterocycles. The van der Waals surface area contributed by atoms with Crippen molar-refractivity contribution in [1.82, 2.24) is 15.1 Å². The summed E-state index contributed by atoms with van der Waals surface area (Å²) in [5, 5.41) is 15.6. The molecule has 0 spiro atoms. The van der Waals surface area contributed by atoms with Gasteiger partial charge in [0, 0.05) is 32.8 Å². The van der Waals surface area contributed by atoms with Crippen molar-refractivity contribution in [2.75, 3.05) is 13.1 Å². The second kappa shape index (κ2) is 5.39. The lowest BCUT2D eigenvalue weighted by Crippen LogP contribution is -2.20. The number of nitrogens with one attached hydrogen (secondary N) is 1. The van der Waals surface area contributed by atoms with Crippen molar-refractivity contribution in [2.24, 2.45) is 7.05 Å². The summed E-state index contributed by atoms with van der Waals surface area (Å²) in [6.07, 6.45) is 2.90. The molecule has 1 heterocycles. The van der Waals surface area contributed by atoms with Gasteiger partial charge in [-0.1, -0.05) is 0 Å². The van der Waals surface area contributed by atoms with Gasteiger partial charge in [-0.15, -0.1) is 0 Å². The highest BCUT2D eigenvalue weighted by Crippen LogP contribution is 1.93. The van der Waals surface area contributed by atoms with E-state index in [9.17, 15) is 4.79 Å². The zero-order valence-electron chi connectivity index (χ0n) is 8.23. The van der Waals surface area contributed by atoms with Crippen molar-refractivity contribution in [3.05, 3.63) is 18.0 Å². The number of aryl methyl sites for hydroxylation is 1. The average molecular weight is 197 g/mol. The molecule has 0 unspecified atom stereocenters. The van der Waals surface area contributed by atoms with E-state index in [1.54, 1.807) is 4.68 Å². The highest BCUT2D eigenvalue weighted by atomic mass is 16.4. The number of rotatable bonds is 6. The van der Waals surface area contributed by atoms with E-state index in [1.807, 2.05) is 19.3 Å². The molecule has 0 aliphatic carbocycles. The molecule has 0 saturated heterocycles. The van der Waals surface area contributed by atoms with E-state index in [0.29, 0.717) is 6.54 Å². The van der Waals surface area contributed by atoms with E-state index in [1.165, 1.54) is 0 Å². The molecule has 0 aliphatic rings. The Bertz CT molecular complexity index is 296. The molecule has 0 fully saturated rings. The third-order valence-electron chi connectivity index (χ3n) is 1.84. The molecule has 0 bridgehead atoms. The minimum atomic E-state index is -0.768. The van der Waals surface area contributed by atoms with Crippen LogP contribution in [-0.2, 0) is 18.3 Å². The quantitative estimate of drug-likeness (QED) is 0.631. The lowest BCUT2D eigenvalue weighted by Gasteiger charge is -2.00. The zero-order valence-corrected chi connectivity index (χ0v) is 8.23. The fraction of sp³-hybridized carbons (Fsp3) is 0.556. The maximum absolute atomic E-state index is 10.2. The second-order valence-corrected chi connectivity index (χ2v) is 3.12. The average Bonchev–Trinajstić information content (AvgIpc) is 2.50. The molecule has 1 aromatic rings. The number of hydrogen-bond acceptors (Lipinski definition) is 3. The van der Waals surface area contributed by atoms with Crippen molar-refractivity contribution in [1.29, 1.82) is 0 Å². The molecular formula is C9H15N3O2. The summed E-state index contributed by atoms with van der Waals surface area (Å²) >= 11 is 0. The number of carbonyl (C=O) groups is 1. The Balaban J connectivity index is 2.07. The van der Waals surface area contributed by atoms with Crippen LogP contribution in [0, 0.1) is 0 Å². The first-order valence-corrected chi connectivity index (χ1v) is 4.59. The summed E-state index contributed by atoms with van der Waals surface area (Å²) in [5.74, 6) is -0.768. The van der Waals surface area contributed by atoms with Crippen molar-refractivity contribution < 1.29 is 9.90 Å². The summed E-state index contributed by atoms with van der Waals surface area (Å²) < 4.78 is 1.76. The first kappa shape index (κ1) is 10.7. The Kier molecular flexibility index (Phi) is 4.12. The van der Waals surface area contributed by atoms with Crippen molar-refractivity contribution >= 4 is 5.97 Å². The summed E-state index contributed by atoms with van der Waals surface area (Å²) in [5.41, 5.74) is 1.02. The van der Waals surface area contributed by atoms with Gasteiger partial charge in [-0.25, -0.2) is 0 Å². The van der Waals surface area contributed by atoms with Crippen LogP contribution in [-0.4, -0.2) is 33.9 Å². The molecule has 0 atom stereocenters. The highest BCUT2D eigenvalue weighted by Gasteiger charge is 1.97. The van der Waals surface area contributed by atoms with Gasteiger partial charge in [-0.2, -0.15) is 5.10 Å². The SMILES string of the molecule is Cn1ccc(CCNCCC(=O)O)n1. The van der Waals surface area contributed by atoms with Gasteiger partial charge in [-0.05, 0) is 6.07 Å². The van der Waals surface area contributed by atoms with E-state index in [4.69, 9.17) is 5.11 Å². The molecule has 0 saturated carbocycles. The number of aromatic nitrogens is 2. The molecule has 14 heavy (non-hydrogen) atoms. The standard InChI is InChI=1S/C9H15N3O2/c1-12-7-4-8(11-12)2-5-10-6-3-9(13)14/h4,7,10H,2-3,5-6H2,1H3,(H,13,14). The van der Waals surface area contributed by atoms with E-state index in [-0.39, 0.29) is 6.42 Å². The Morgan fingerprint density at radius 1 is 1.64 bits per heavy atom. The minimum absolute atomic E-state index is 0.169. The van der Waals surface area contributed by atoms with E-state index in [2.05, 4.69) is 10.4 Å². The molecule has 1 rings (SSSR count). The Labute approximate surface area is 82.7 Å². The molecule has 0 amide bonds. The Morgan fingerprint density at radius 2 is 2.43 bits per heavy atom. The smallest absolute Gasteiger partial charge is 0.304 e. The number of aliphatic carboxylic acids is 1. The van der Waals surface area contributed by atoms with Gasteiger partial charge in [0.2, 0.25) is 0 Å². The highest BCUT2D eigenvalue weighted by molar-refractivity contribution is 5.66. The third kappa shape index (κ3) is 4.04. The monoisotopic (exact) mass is 197 g/mol. The van der Waals surface area contributed by atoms with Crippen LogP contribution in [0.4, 0.5) is 0 Å². The van der Waals surface area contributed by atoms with Crippen molar-refractivity contribution in [3.8, 4) is 0 Å². The molecule has 78 valence electrons. The van der Waals surface area contributed by atoms with Crippen LogP contribution in [0.15, 0.2) is 12.3 Å². The summed E-state index contributed by atoms with van der Waals surface area (Å²) in [6, 6.07) is 1.96. The topological polar surface area (TPSA) is 67.2 Å². The van der Waals surface area contributed by atoms with Crippen LogP contribution in [0.1, 0.15) is 12.1 Å².